The van der Waals surface area contributed by atoms with Gasteiger partial charge in [-0.15, -0.1) is 9.05 Å². The second-order valence-corrected chi connectivity index (χ2v) is 2.39. The summed E-state index contributed by atoms with van der Waals surface area (Å²) in [5.41, 5.74) is 0. The zero-order chi connectivity index (χ0) is 7.11. The minimum atomic E-state index is -1.95. The molecule has 5 heteroatoms. The molecule has 0 aromatic carbocycles. The van der Waals surface area contributed by atoms with Gasteiger partial charge >= 0.3 is 8.25 Å². The first-order valence-electron chi connectivity index (χ1n) is 2.56. The Labute approximate surface area is 54.7 Å². The maximum atomic E-state index is 10.3. The van der Waals surface area contributed by atoms with Gasteiger partial charge in [0.15, 0.2) is 0 Å². The van der Waals surface area contributed by atoms with Gasteiger partial charge in [0.1, 0.15) is 6.61 Å². The third kappa shape index (κ3) is 5.86. The van der Waals surface area contributed by atoms with E-state index in [9.17, 15) is 4.57 Å². The molecule has 1 unspecified atom stereocenters. The van der Waals surface area contributed by atoms with Crippen molar-refractivity contribution in [1.29, 1.82) is 0 Å². The summed E-state index contributed by atoms with van der Waals surface area (Å²) in [5.74, 6) is 0. The van der Waals surface area contributed by atoms with Crippen molar-refractivity contribution in [1.82, 2.24) is 0 Å². The number of aliphatic hydroxyl groups is 1. The van der Waals surface area contributed by atoms with Crippen LogP contribution in [0.3, 0.4) is 0 Å². The first kappa shape index (κ1) is 8.98. The maximum Gasteiger partial charge on any atom is 0.697 e. The lowest BCUT2D eigenvalue weighted by Crippen LogP contribution is -1.90. The molecule has 0 saturated carbocycles. The molecule has 1 atom stereocenters. The summed E-state index contributed by atoms with van der Waals surface area (Å²) in [5, 5.41) is 8.24. The molecule has 0 aromatic rings. The molecule has 0 saturated heterocycles. The van der Waals surface area contributed by atoms with Gasteiger partial charge in [-0.2, -0.15) is 0 Å². The van der Waals surface area contributed by atoms with Crippen LogP contribution in [0.2, 0.25) is 0 Å². The van der Waals surface area contributed by atoms with Gasteiger partial charge in [-0.25, -0.2) is 0 Å². The van der Waals surface area contributed by atoms with Gasteiger partial charge in [0.2, 0.25) is 0 Å². The SMILES string of the molecule is CO[P+](=O)OCCCO. The number of rotatable bonds is 5. The van der Waals surface area contributed by atoms with Crippen molar-refractivity contribution < 1.29 is 18.7 Å². The lowest BCUT2D eigenvalue weighted by atomic mass is 10.5. The molecule has 0 radical (unpaired) electrons. The molecule has 0 aliphatic heterocycles. The van der Waals surface area contributed by atoms with Crippen LogP contribution in [-0.2, 0) is 13.6 Å². The Balaban J connectivity index is 2.97. The quantitative estimate of drug-likeness (QED) is 0.466. The average molecular weight is 153 g/mol. The summed E-state index contributed by atoms with van der Waals surface area (Å²) in [4.78, 5) is 0. The summed E-state index contributed by atoms with van der Waals surface area (Å²) >= 11 is 0. The van der Waals surface area contributed by atoms with Crippen LogP contribution >= 0.6 is 8.25 Å². The highest BCUT2D eigenvalue weighted by Crippen LogP contribution is 2.21. The Hall–Kier alpha value is -0.0200. The van der Waals surface area contributed by atoms with E-state index in [0.717, 1.165) is 0 Å². The number of hydrogen-bond donors (Lipinski definition) is 1. The molecule has 0 amide bonds. The van der Waals surface area contributed by atoms with E-state index in [1.54, 1.807) is 0 Å². The minimum absolute atomic E-state index is 0.0485. The van der Waals surface area contributed by atoms with Crippen LogP contribution in [0, 0.1) is 0 Å². The third-order valence-electron chi connectivity index (χ3n) is 0.648. The smallest absolute Gasteiger partial charge is 0.396 e. The third-order valence-corrected chi connectivity index (χ3v) is 1.34. The Bertz CT molecular complexity index is 84.6. The fourth-order valence-electron chi connectivity index (χ4n) is 0.256. The predicted molar refractivity (Wildman–Crippen MR) is 32.3 cm³/mol. The van der Waals surface area contributed by atoms with E-state index < -0.39 is 8.25 Å². The van der Waals surface area contributed by atoms with Crippen molar-refractivity contribution in [2.24, 2.45) is 0 Å². The topological polar surface area (TPSA) is 55.8 Å². The first-order valence-corrected chi connectivity index (χ1v) is 3.66. The van der Waals surface area contributed by atoms with E-state index in [0.29, 0.717) is 6.42 Å². The summed E-state index contributed by atoms with van der Waals surface area (Å²) in [7, 11) is -0.648. The van der Waals surface area contributed by atoms with Crippen LogP contribution in [-0.4, -0.2) is 25.4 Å². The van der Waals surface area contributed by atoms with Gasteiger partial charge in [0, 0.05) is 11.2 Å². The van der Waals surface area contributed by atoms with Crippen LogP contribution in [0.15, 0.2) is 0 Å². The Kier molecular flexibility index (Phi) is 6.09. The number of hydrogen-bond acceptors (Lipinski definition) is 4. The van der Waals surface area contributed by atoms with Crippen LogP contribution in [0.1, 0.15) is 6.42 Å². The van der Waals surface area contributed by atoms with Gasteiger partial charge < -0.3 is 5.11 Å². The molecule has 4 nitrogen and oxygen atoms in total. The lowest BCUT2D eigenvalue weighted by Gasteiger charge is -1.85. The van der Waals surface area contributed by atoms with Crippen molar-refractivity contribution in [3.05, 3.63) is 0 Å². The van der Waals surface area contributed by atoms with Crippen LogP contribution in [0.25, 0.3) is 0 Å². The normalized spacial score (nSPS) is 11.6. The molecule has 9 heavy (non-hydrogen) atoms. The van der Waals surface area contributed by atoms with Crippen molar-refractivity contribution >= 4 is 8.25 Å². The summed E-state index contributed by atoms with van der Waals surface area (Å²) in [6, 6.07) is 0. The molecular weight excluding hydrogens is 143 g/mol. The molecule has 1 N–H and O–H groups in total. The van der Waals surface area contributed by atoms with Gasteiger partial charge in [0.25, 0.3) is 0 Å². The fraction of sp³-hybridized carbons (Fsp3) is 1.00. The Morgan fingerprint density at radius 2 is 2.33 bits per heavy atom. The molecule has 0 spiro atoms. The maximum absolute atomic E-state index is 10.3. The van der Waals surface area contributed by atoms with Crippen molar-refractivity contribution in [3.63, 3.8) is 0 Å². The van der Waals surface area contributed by atoms with Gasteiger partial charge in [-0.05, 0) is 6.42 Å². The van der Waals surface area contributed by atoms with Crippen LogP contribution in [0.4, 0.5) is 0 Å². The van der Waals surface area contributed by atoms with Crippen LogP contribution < -0.4 is 0 Å². The highest BCUT2D eigenvalue weighted by Gasteiger charge is 2.15. The monoisotopic (exact) mass is 153 g/mol. The molecule has 0 bridgehead atoms. The van der Waals surface area contributed by atoms with E-state index in [-0.39, 0.29) is 13.2 Å². The van der Waals surface area contributed by atoms with Gasteiger partial charge in [-0.3, -0.25) is 0 Å². The zero-order valence-electron chi connectivity index (χ0n) is 5.24. The summed E-state index contributed by atoms with van der Waals surface area (Å²) in [6.07, 6.45) is 0.491. The van der Waals surface area contributed by atoms with E-state index >= 15 is 0 Å². The Morgan fingerprint density at radius 1 is 1.67 bits per heavy atom. The Morgan fingerprint density at radius 3 is 2.78 bits per heavy atom. The number of aliphatic hydroxyl groups excluding tert-OH is 1. The van der Waals surface area contributed by atoms with Crippen LogP contribution in [0.5, 0.6) is 0 Å². The van der Waals surface area contributed by atoms with E-state index in [1.165, 1.54) is 7.11 Å². The molecule has 0 heterocycles. The molecule has 0 aliphatic carbocycles. The second-order valence-electron chi connectivity index (χ2n) is 1.32. The van der Waals surface area contributed by atoms with Gasteiger partial charge in [-0.1, -0.05) is 0 Å². The summed E-state index contributed by atoms with van der Waals surface area (Å²) in [6.45, 7) is 0.326. The molecule has 0 rings (SSSR count). The standard InChI is InChI=1S/C4H10O4P/c1-7-9(6)8-4-2-3-5/h5H,2-4H2,1H3/q+1. The molecular formula is C4H10O4P+. The van der Waals surface area contributed by atoms with Crippen molar-refractivity contribution in [2.75, 3.05) is 20.3 Å². The second kappa shape index (κ2) is 6.11. The van der Waals surface area contributed by atoms with Gasteiger partial charge in [0.05, 0.1) is 7.11 Å². The average Bonchev–Trinajstić information content (AvgIpc) is 1.89. The molecule has 0 aromatic heterocycles. The molecule has 54 valence electrons. The highest BCUT2D eigenvalue weighted by molar-refractivity contribution is 7.33. The predicted octanol–water partition coefficient (Wildman–Crippen LogP) is 0.689. The van der Waals surface area contributed by atoms with E-state index in [1.807, 2.05) is 0 Å². The first-order chi connectivity index (χ1) is 4.31. The van der Waals surface area contributed by atoms with E-state index in [2.05, 4.69) is 9.05 Å². The largest absolute Gasteiger partial charge is 0.697 e. The van der Waals surface area contributed by atoms with Crippen molar-refractivity contribution in [2.45, 2.75) is 6.42 Å². The molecule has 0 fully saturated rings. The minimum Gasteiger partial charge on any atom is -0.396 e. The zero-order valence-corrected chi connectivity index (χ0v) is 6.13. The van der Waals surface area contributed by atoms with E-state index in [4.69, 9.17) is 5.11 Å². The highest BCUT2D eigenvalue weighted by atomic mass is 31.1. The van der Waals surface area contributed by atoms with Crippen molar-refractivity contribution in [3.8, 4) is 0 Å². The fourth-order valence-corrected chi connectivity index (χ4v) is 0.640. The summed E-state index contributed by atoms with van der Waals surface area (Å²) < 4.78 is 19.2. The lowest BCUT2D eigenvalue weighted by molar-refractivity contribution is 0.215. The molecule has 0 aliphatic rings.